The molecular formula is C27H27N3OS. The highest BCUT2D eigenvalue weighted by molar-refractivity contribution is 7.98. The molecule has 5 heteroatoms. The summed E-state index contributed by atoms with van der Waals surface area (Å²) in [7, 11) is 0. The third-order valence-corrected chi connectivity index (χ3v) is 7.07. The number of imidazole rings is 1. The maximum atomic E-state index is 13.0. The van der Waals surface area contributed by atoms with Crippen molar-refractivity contribution in [2.45, 2.75) is 30.2 Å². The molecule has 0 atom stereocenters. The summed E-state index contributed by atoms with van der Waals surface area (Å²) in [5.41, 5.74) is 4.28. The van der Waals surface area contributed by atoms with E-state index >= 15 is 0 Å². The topological polar surface area (TPSA) is 38.1 Å². The Balaban J connectivity index is 1.36. The molecule has 3 aromatic carbocycles. The Morgan fingerprint density at radius 3 is 2.34 bits per heavy atom. The first-order valence-corrected chi connectivity index (χ1v) is 12.4. The van der Waals surface area contributed by atoms with Crippen LogP contribution in [0.3, 0.4) is 0 Å². The van der Waals surface area contributed by atoms with E-state index in [1.165, 1.54) is 16.0 Å². The fraction of sp³-hybridized carbons (Fsp3) is 0.259. The predicted molar refractivity (Wildman–Crippen MR) is 131 cm³/mol. The van der Waals surface area contributed by atoms with E-state index < -0.39 is 0 Å². The van der Waals surface area contributed by atoms with Crippen molar-refractivity contribution in [2.24, 2.45) is 0 Å². The van der Waals surface area contributed by atoms with Gasteiger partial charge in [-0.25, -0.2) is 4.98 Å². The fourth-order valence-electron chi connectivity index (χ4n) is 4.65. The Kier molecular flexibility index (Phi) is 5.99. The highest BCUT2D eigenvalue weighted by Gasteiger charge is 2.27. The normalized spacial score (nSPS) is 14.7. The first-order chi connectivity index (χ1) is 15.7. The molecule has 1 amide bonds. The van der Waals surface area contributed by atoms with E-state index in [4.69, 9.17) is 4.98 Å². The van der Waals surface area contributed by atoms with Crippen LogP contribution in [0.25, 0.3) is 11.0 Å². The van der Waals surface area contributed by atoms with Crippen LogP contribution >= 0.6 is 11.8 Å². The van der Waals surface area contributed by atoms with Gasteiger partial charge in [0.1, 0.15) is 5.82 Å². The molecule has 1 aromatic heterocycles. The quantitative estimate of drug-likeness (QED) is 0.366. The zero-order chi connectivity index (χ0) is 21.9. The van der Waals surface area contributed by atoms with Gasteiger partial charge in [0.05, 0.1) is 11.0 Å². The zero-order valence-corrected chi connectivity index (χ0v) is 19.1. The molecule has 162 valence electrons. The number of para-hydroxylation sites is 2. The van der Waals surface area contributed by atoms with Crippen molar-refractivity contribution in [2.75, 3.05) is 19.3 Å². The van der Waals surface area contributed by atoms with Gasteiger partial charge < -0.3 is 9.47 Å². The number of carbonyl (C=O) groups excluding carboxylic acids is 1. The van der Waals surface area contributed by atoms with Crippen molar-refractivity contribution < 1.29 is 4.79 Å². The Morgan fingerprint density at radius 2 is 1.62 bits per heavy atom. The minimum absolute atomic E-state index is 0.135. The summed E-state index contributed by atoms with van der Waals surface area (Å²) in [4.78, 5) is 21.2. The average molecular weight is 442 g/mol. The SMILES string of the molecule is CSc1ccc(C(=O)N2CCC(n3c(Cc4ccccc4)nc4ccccc43)CC2)cc1. The van der Waals surface area contributed by atoms with Gasteiger partial charge in [0, 0.05) is 36.0 Å². The molecule has 2 heterocycles. The maximum Gasteiger partial charge on any atom is 0.253 e. The summed E-state index contributed by atoms with van der Waals surface area (Å²) in [6, 6.07) is 27.2. The summed E-state index contributed by atoms with van der Waals surface area (Å²) >= 11 is 1.69. The molecule has 32 heavy (non-hydrogen) atoms. The highest BCUT2D eigenvalue weighted by atomic mass is 32.2. The second-order valence-electron chi connectivity index (χ2n) is 8.30. The van der Waals surface area contributed by atoms with Crippen molar-refractivity contribution in [3.05, 3.63) is 95.8 Å². The summed E-state index contributed by atoms with van der Waals surface area (Å²) in [5.74, 6) is 1.24. The minimum Gasteiger partial charge on any atom is -0.338 e. The monoisotopic (exact) mass is 441 g/mol. The Bertz CT molecular complexity index is 1210. The maximum absolute atomic E-state index is 13.0. The van der Waals surface area contributed by atoms with E-state index in [1.54, 1.807) is 11.8 Å². The van der Waals surface area contributed by atoms with Gasteiger partial charge in [0.25, 0.3) is 5.91 Å². The summed E-state index contributed by atoms with van der Waals surface area (Å²) in [6.45, 7) is 1.54. The lowest BCUT2D eigenvalue weighted by Crippen LogP contribution is -2.39. The van der Waals surface area contributed by atoms with Gasteiger partial charge in [-0.15, -0.1) is 11.8 Å². The third-order valence-electron chi connectivity index (χ3n) is 6.33. The van der Waals surface area contributed by atoms with Crippen molar-refractivity contribution in [1.29, 1.82) is 0 Å². The lowest BCUT2D eigenvalue weighted by molar-refractivity contribution is 0.0695. The molecule has 0 aliphatic carbocycles. The number of piperidine rings is 1. The summed E-state index contributed by atoms with van der Waals surface area (Å²) < 4.78 is 2.43. The number of fused-ring (bicyclic) bond motifs is 1. The van der Waals surface area contributed by atoms with Crippen molar-refractivity contribution in [3.63, 3.8) is 0 Å². The molecule has 0 N–H and O–H groups in total. The molecule has 4 nitrogen and oxygen atoms in total. The number of thioether (sulfide) groups is 1. The molecule has 1 aliphatic heterocycles. The molecule has 1 fully saturated rings. The second-order valence-corrected chi connectivity index (χ2v) is 9.18. The van der Waals surface area contributed by atoms with Gasteiger partial charge in [-0.2, -0.15) is 0 Å². The van der Waals surface area contributed by atoms with Gasteiger partial charge in [-0.05, 0) is 61.1 Å². The highest BCUT2D eigenvalue weighted by Crippen LogP contribution is 2.30. The fourth-order valence-corrected chi connectivity index (χ4v) is 5.06. The lowest BCUT2D eigenvalue weighted by atomic mass is 10.0. The van der Waals surface area contributed by atoms with Gasteiger partial charge in [0.2, 0.25) is 0 Å². The molecule has 0 saturated carbocycles. The number of rotatable bonds is 5. The van der Waals surface area contributed by atoms with Crippen LogP contribution in [-0.2, 0) is 6.42 Å². The molecule has 0 spiro atoms. The summed E-state index contributed by atoms with van der Waals surface area (Å²) in [6.07, 6.45) is 4.75. The van der Waals surface area contributed by atoms with Gasteiger partial charge in [-0.3, -0.25) is 4.79 Å². The van der Waals surface area contributed by atoms with E-state index in [1.807, 2.05) is 41.5 Å². The van der Waals surface area contributed by atoms with Crippen molar-refractivity contribution in [1.82, 2.24) is 14.5 Å². The van der Waals surface area contributed by atoms with Gasteiger partial charge in [-0.1, -0.05) is 42.5 Å². The number of benzene rings is 3. The number of carbonyl (C=O) groups is 1. The molecule has 1 saturated heterocycles. The van der Waals surface area contributed by atoms with Crippen LogP contribution in [0.15, 0.2) is 83.8 Å². The molecule has 0 unspecified atom stereocenters. The molecule has 5 rings (SSSR count). The Hall–Kier alpha value is -3.05. The molecule has 1 aliphatic rings. The van der Waals surface area contributed by atoms with Crippen LogP contribution in [-0.4, -0.2) is 39.7 Å². The second kappa shape index (κ2) is 9.21. The molecule has 4 aromatic rings. The zero-order valence-electron chi connectivity index (χ0n) is 18.3. The standard InChI is InChI=1S/C27H27N3OS/c1-32-23-13-11-21(12-14-23)27(31)29-17-15-22(16-18-29)30-25-10-6-5-9-24(25)28-26(30)19-20-7-3-2-4-8-20/h2-14,22H,15-19H2,1H3. The van der Waals surface area contributed by atoms with Crippen LogP contribution in [0.5, 0.6) is 0 Å². The number of hydrogen-bond donors (Lipinski definition) is 0. The van der Waals surface area contributed by atoms with Crippen molar-refractivity contribution in [3.8, 4) is 0 Å². The largest absolute Gasteiger partial charge is 0.338 e. The summed E-state index contributed by atoms with van der Waals surface area (Å²) in [5, 5.41) is 0. The number of hydrogen-bond acceptors (Lipinski definition) is 3. The predicted octanol–water partition coefficient (Wildman–Crippen LogP) is 5.83. The van der Waals surface area contributed by atoms with Crippen LogP contribution < -0.4 is 0 Å². The number of nitrogens with zero attached hydrogens (tertiary/aromatic N) is 3. The molecule has 0 bridgehead atoms. The first kappa shape index (κ1) is 20.8. The van der Waals surface area contributed by atoms with Crippen LogP contribution in [0, 0.1) is 0 Å². The molecular weight excluding hydrogens is 414 g/mol. The number of amides is 1. The van der Waals surface area contributed by atoms with Gasteiger partial charge in [0.15, 0.2) is 0 Å². The first-order valence-electron chi connectivity index (χ1n) is 11.2. The third kappa shape index (κ3) is 4.17. The van der Waals surface area contributed by atoms with Gasteiger partial charge >= 0.3 is 0 Å². The smallest absolute Gasteiger partial charge is 0.253 e. The lowest BCUT2D eigenvalue weighted by Gasteiger charge is -2.33. The Labute approximate surface area is 193 Å². The van der Waals surface area contributed by atoms with Crippen LogP contribution in [0.1, 0.15) is 40.6 Å². The average Bonchev–Trinajstić information content (AvgIpc) is 3.22. The van der Waals surface area contributed by atoms with Crippen LogP contribution in [0.2, 0.25) is 0 Å². The van der Waals surface area contributed by atoms with E-state index in [2.05, 4.69) is 53.1 Å². The Morgan fingerprint density at radius 1 is 0.938 bits per heavy atom. The minimum atomic E-state index is 0.135. The van der Waals surface area contributed by atoms with Crippen molar-refractivity contribution >= 4 is 28.7 Å². The van der Waals surface area contributed by atoms with E-state index in [0.29, 0.717) is 6.04 Å². The van der Waals surface area contributed by atoms with E-state index in [-0.39, 0.29) is 5.91 Å². The van der Waals surface area contributed by atoms with Crippen LogP contribution in [0.4, 0.5) is 0 Å². The number of aromatic nitrogens is 2. The molecule has 0 radical (unpaired) electrons. The number of likely N-dealkylation sites (tertiary alicyclic amines) is 1. The van der Waals surface area contributed by atoms with E-state index in [9.17, 15) is 4.79 Å². The van der Waals surface area contributed by atoms with E-state index in [0.717, 1.165) is 49.3 Å².